The lowest BCUT2D eigenvalue weighted by atomic mass is 9.92. The van der Waals surface area contributed by atoms with Gasteiger partial charge in [0.15, 0.2) is 11.6 Å². The van der Waals surface area contributed by atoms with Gasteiger partial charge in [0, 0.05) is 21.9 Å². The fraction of sp³-hybridized carbons (Fsp3) is 0. The highest BCUT2D eigenvalue weighted by Crippen LogP contribution is 2.37. The van der Waals surface area contributed by atoms with E-state index >= 15 is 0 Å². The summed E-state index contributed by atoms with van der Waals surface area (Å²) in [4.78, 5) is 13.9. The van der Waals surface area contributed by atoms with Crippen molar-refractivity contribution in [2.75, 3.05) is 0 Å². The molecule has 0 amide bonds. The van der Waals surface area contributed by atoms with Gasteiger partial charge in [-0.2, -0.15) is 9.97 Å². The number of halogens is 1. The summed E-state index contributed by atoms with van der Waals surface area (Å²) in [5.74, 6) is 1.03. The lowest BCUT2D eigenvalue weighted by Gasteiger charge is -2.12. The first-order valence-corrected chi connectivity index (χ1v) is 16.9. The maximum absolute atomic E-state index is 6.52. The van der Waals surface area contributed by atoms with Gasteiger partial charge in [-0.05, 0) is 109 Å². The van der Waals surface area contributed by atoms with E-state index in [0.717, 1.165) is 44.2 Å². The van der Waals surface area contributed by atoms with Crippen LogP contribution in [0.1, 0.15) is 0 Å². The predicted octanol–water partition coefficient (Wildman–Crippen LogP) is 12.6. The minimum atomic E-state index is 0.145. The molecule has 0 aliphatic carbocycles. The third-order valence-electron chi connectivity index (χ3n) is 9.62. The molecule has 0 unspecified atom stereocenters. The predicted molar refractivity (Wildman–Crippen MR) is 206 cm³/mol. The van der Waals surface area contributed by atoms with E-state index in [4.69, 9.17) is 21.0 Å². The third-order valence-corrected chi connectivity index (χ3v) is 9.79. The Morgan fingerprint density at radius 3 is 1.90 bits per heavy atom. The lowest BCUT2D eigenvalue weighted by molar-refractivity contribution is 0.669. The Morgan fingerprint density at radius 2 is 1.00 bits per heavy atom. The van der Waals surface area contributed by atoms with E-state index in [1.807, 2.05) is 42.5 Å². The van der Waals surface area contributed by atoms with E-state index in [9.17, 15) is 0 Å². The molecule has 10 rings (SSSR count). The highest BCUT2D eigenvalue weighted by molar-refractivity contribution is 6.28. The minimum absolute atomic E-state index is 0.145. The summed E-state index contributed by atoms with van der Waals surface area (Å²) in [5, 5.41) is 9.60. The topological polar surface area (TPSA) is 51.8 Å². The molecule has 0 aliphatic heterocycles. The van der Waals surface area contributed by atoms with E-state index in [-0.39, 0.29) is 5.28 Å². The Balaban J connectivity index is 1.04. The molecule has 234 valence electrons. The molecule has 0 aliphatic rings. The van der Waals surface area contributed by atoms with Gasteiger partial charge in [-0.25, -0.2) is 4.98 Å². The molecule has 0 atom stereocenters. The van der Waals surface area contributed by atoms with Gasteiger partial charge in [0.05, 0.1) is 0 Å². The Bertz CT molecular complexity index is 2960. The van der Waals surface area contributed by atoms with Gasteiger partial charge >= 0.3 is 0 Å². The first kappa shape index (κ1) is 28.6. The van der Waals surface area contributed by atoms with E-state index in [1.165, 1.54) is 43.4 Å². The number of fused-ring (bicyclic) bond motifs is 7. The Hall–Kier alpha value is -6.36. The van der Waals surface area contributed by atoms with Crippen molar-refractivity contribution in [3.05, 3.63) is 163 Å². The lowest BCUT2D eigenvalue weighted by Crippen LogP contribution is -1.97. The molecule has 0 N–H and O–H groups in total. The van der Waals surface area contributed by atoms with Crippen molar-refractivity contribution in [2.24, 2.45) is 0 Å². The zero-order chi connectivity index (χ0) is 33.2. The molecule has 0 bridgehead atoms. The summed E-state index contributed by atoms with van der Waals surface area (Å²) in [6.45, 7) is 0. The second-order valence-electron chi connectivity index (χ2n) is 12.6. The number of hydrogen-bond donors (Lipinski definition) is 0. The van der Waals surface area contributed by atoms with Crippen LogP contribution in [0.5, 0.6) is 0 Å². The molecule has 2 heterocycles. The first-order chi connectivity index (χ1) is 24.6. The SMILES string of the molecule is Clc1nc(-c2cccc(-c3ccc4ccc(-c5cccc6ccc7ccccc7c56)cc4c3)c2)nc(-c2ccc3oc4ccccc4c3c2)n1. The van der Waals surface area contributed by atoms with Gasteiger partial charge in [0.1, 0.15) is 11.2 Å². The first-order valence-electron chi connectivity index (χ1n) is 16.5. The van der Waals surface area contributed by atoms with Crippen molar-refractivity contribution in [3.8, 4) is 45.0 Å². The maximum atomic E-state index is 6.52. The van der Waals surface area contributed by atoms with Crippen molar-refractivity contribution in [2.45, 2.75) is 0 Å². The van der Waals surface area contributed by atoms with Gasteiger partial charge in [-0.3, -0.25) is 0 Å². The minimum Gasteiger partial charge on any atom is -0.456 e. The molecule has 10 aromatic rings. The van der Waals surface area contributed by atoms with Crippen molar-refractivity contribution in [3.63, 3.8) is 0 Å². The second kappa shape index (κ2) is 11.4. The highest BCUT2D eigenvalue weighted by Gasteiger charge is 2.14. The van der Waals surface area contributed by atoms with Crippen molar-refractivity contribution >= 4 is 65.9 Å². The normalized spacial score (nSPS) is 11.7. The third kappa shape index (κ3) is 4.80. The average Bonchev–Trinajstić information content (AvgIpc) is 3.55. The van der Waals surface area contributed by atoms with E-state index in [0.29, 0.717) is 11.6 Å². The summed E-state index contributed by atoms with van der Waals surface area (Å²) in [6.07, 6.45) is 0. The zero-order valence-electron chi connectivity index (χ0n) is 26.6. The maximum Gasteiger partial charge on any atom is 0.226 e. The largest absolute Gasteiger partial charge is 0.456 e. The summed E-state index contributed by atoms with van der Waals surface area (Å²) >= 11 is 6.52. The molecule has 8 aromatic carbocycles. The molecule has 0 saturated heterocycles. The quantitative estimate of drug-likeness (QED) is 0.176. The van der Waals surface area contributed by atoms with Crippen LogP contribution in [0.2, 0.25) is 5.28 Å². The van der Waals surface area contributed by atoms with Crippen LogP contribution in [0.25, 0.3) is 99.3 Å². The molecule has 50 heavy (non-hydrogen) atoms. The van der Waals surface area contributed by atoms with Gasteiger partial charge in [0.2, 0.25) is 5.28 Å². The van der Waals surface area contributed by atoms with E-state index in [2.05, 4.69) is 125 Å². The van der Waals surface area contributed by atoms with Crippen LogP contribution in [0.4, 0.5) is 0 Å². The van der Waals surface area contributed by atoms with Crippen LogP contribution in [0.15, 0.2) is 162 Å². The van der Waals surface area contributed by atoms with Crippen LogP contribution in [0.3, 0.4) is 0 Å². The Kier molecular flexibility index (Phi) is 6.51. The number of hydrogen-bond acceptors (Lipinski definition) is 4. The van der Waals surface area contributed by atoms with Gasteiger partial charge in [-0.1, -0.05) is 115 Å². The van der Waals surface area contributed by atoms with Gasteiger partial charge < -0.3 is 4.42 Å². The molecule has 2 aromatic heterocycles. The highest BCUT2D eigenvalue weighted by atomic mass is 35.5. The fourth-order valence-corrected chi connectivity index (χ4v) is 7.37. The van der Waals surface area contributed by atoms with Crippen LogP contribution in [0, 0.1) is 0 Å². The molecule has 4 nitrogen and oxygen atoms in total. The van der Waals surface area contributed by atoms with E-state index in [1.54, 1.807) is 0 Å². The molecular formula is C45H26ClN3O. The Labute approximate surface area is 292 Å². The number of nitrogens with zero attached hydrogens (tertiary/aromatic N) is 3. The zero-order valence-corrected chi connectivity index (χ0v) is 27.4. The molecule has 5 heteroatoms. The second-order valence-corrected chi connectivity index (χ2v) is 12.9. The average molecular weight is 660 g/mol. The summed E-state index contributed by atoms with van der Waals surface area (Å²) < 4.78 is 6.02. The van der Waals surface area contributed by atoms with Crippen molar-refractivity contribution in [1.82, 2.24) is 15.0 Å². The molecule has 0 spiro atoms. The smallest absolute Gasteiger partial charge is 0.226 e. The number of benzene rings is 8. The molecule has 0 radical (unpaired) electrons. The van der Waals surface area contributed by atoms with Gasteiger partial charge in [0.25, 0.3) is 0 Å². The van der Waals surface area contributed by atoms with Crippen molar-refractivity contribution in [1.29, 1.82) is 0 Å². The van der Waals surface area contributed by atoms with Crippen LogP contribution in [-0.2, 0) is 0 Å². The van der Waals surface area contributed by atoms with Crippen LogP contribution < -0.4 is 0 Å². The summed E-state index contributed by atoms with van der Waals surface area (Å²) in [5.41, 5.74) is 7.96. The van der Waals surface area contributed by atoms with Crippen molar-refractivity contribution < 1.29 is 4.42 Å². The molecule has 0 saturated carbocycles. The number of para-hydroxylation sites is 1. The summed E-state index contributed by atoms with van der Waals surface area (Å²) in [7, 11) is 0. The van der Waals surface area contributed by atoms with Crippen LogP contribution in [-0.4, -0.2) is 15.0 Å². The molecular weight excluding hydrogens is 634 g/mol. The van der Waals surface area contributed by atoms with E-state index < -0.39 is 0 Å². The van der Waals surface area contributed by atoms with Gasteiger partial charge in [-0.15, -0.1) is 0 Å². The Morgan fingerprint density at radius 1 is 0.380 bits per heavy atom. The monoisotopic (exact) mass is 659 g/mol. The van der Waals surface area contributed by atoms with Crippen LogP contribution >= 0.6 is 11.6 Å². The number of furan rings is 1. The number of aromatic nitrogens is 3. The fourth-order valence-electron chi connectivity index (χ4n) is 7.20. The molecule has 0 fully saturated rings. The standard InChI is InChI=1S/C45H26ClN3O/c46-45-48-43(47-44(49-45)34-21-22-41-39(26-34)38-12-3-4-14-40(38)50-41)33-10-5-9-30(23-33)31-19-15-27-16-20-32(25-35(27)24-31)37-13-6-8-29-18-17-28-7-1-2-11-36(28)42(29)37/h1-26H. The summed E-state index contributed by atoms with van der Waals surface area (Å²) in [6, 6.07) is 55.2. The number of rotatable bonds is 4.